The maximum atomic E-state index is 13.2. The van der Waals surface area contributed by atoms with Crippen LogP contribution in [0.15, 0.2) is 29.6 Å². The van der Waals surface area contributed by atoms with Gasteiger partial charge in [0.25, 0.3) is 0 Å². The predicted molar refractivity (Wildman–Crippen MR) is 123 cm³/mol. The molecular weight excluding hydrogens is 449 g/mol. The summed E-state index contributed by atoms with van der Waals surface area (Å²) >= 11 is 0. The molecule has 1 saturated heterocycles. The highest BCUT2D eigenvalue weighted by molar-refractivity contribution is 5.95. The van der Waals surface area contributed by atoms with E-state index in [0.29, 0.717) is 67.1 Å². The SMILES string of the molecule is C=Nc1cnc(NCC2CCN(C(=O)CCN)CC2)nc1-c1c[nH]c2ncc(C(F)(F)F)cc12. The van der Waals surface area contributed by atoms with Gasteiger partial charge in [0.05, 0.1) is 11.8 Å². The van der Waals surface area contributed by atoms with Crippen molar-refractivity contribution in [2.75, 3.05) is 31.5 Å². The number of hydrogen-bond acceptors (Lipinski definition) is 7. The molecule has 0 aliphatic carbocycles. The van der Waals surface area contributed by atoms with Crippen LogP contribution in [-0.4, -0.2) is 63.6 Å². The van der Waals surface area contributed by atoms with Crippen molar-refractivity contribution in [3.05, 3.63) is 30.2 Å². The highest BCUT2D eigenvalue weighted by Gasteiger charge is 2.32. The van der Waals surface area contributed by atoms with Gasteiger partial charge in [-0.1, -0.05) is 0 Å². The number of nitrogens with zero attached hydrogens (tertiary/aromatic N) is 5. The third-order valence-corrected chi connectivity index (χ3v) is 5.93. The number of aromatic amines is 1. The number of rotatable bonds is 7. The lowest BCUT2D eigenvalue weighted by atomic mass is 9.96. The van der Waals surface area contributed by atoms with E-state index in [-0.39, 0.29) is 11.3 Å². The molecule has 0 aromatic carbocycles. The summed E-state index contributed by atoms with van der Waals surface area (Å²) in [5.41, 5.74) is 6.04. The number of aromatic nitrogens is 4. The summed E-state index contributed by atoms with van der Waals surface area (Å²) in [6.45, 7) is 5.84. The maximum absolute atomic E-state index is 13.2. The molecule has 34 heavy (non-hydrogen) atoms. The van der Waals surface area contributed by atoms with Gasteiger partial charge in [0.1, 0.15) is 17.0 Å². The molecule has 3 aromatic rings. The lowest BCUT2D eigenvalue weighted by molar-refractivity contribution is -0.137. The quantitative estimate of drug-likeness (QED) is 0.451. The van der Waals surface area contributed by atoms with Gasteiger partial charge < -0.3 is 20.9 Å². The van der Waals surface area contributed by atoms with Crippen LogP contribution in [0.1, 0.15) is 24.8 Å². The normalized spacial score (nSPS) is 15.0. The number of piperidine rings is 1. The summed E-state index contributed by atoms with van der Waals surface area (Å²) in [6.07, 6.45) is 1.35. The lowest BCUT2D eigenvalue weighted by Gasteiger charge is -2.32. The van der Waals surface area contributed by atoms with E-state index >= 15 is 0 Å². The molecular formula is C22H25F3N8O. The van der Waals surface area contributed by atoms with Crippen molar-refractivity contribution in [3.63, 3.8) is 0 Å². The fourth-order valence-corrected chi connectivity index (χ4v) is 4.03. The topological polar surface area (TPSA) is 125 Å². The van der Waals surface area contributed by atoms with E-state index in [1.165, 1.54) is 6.20 Å². The zero-order valence-electron chi connectivity index (χ0n) is 18.4. The first-order valence-corrected chi connectivity index (χ1v) is 10.9. The lowest BCUT2D eigenvalue weighted by Crippen LogP contribution is -2.40. The average molecular weight is 474 g/mol. The van der Waals surface area contributed by atoms with Gasteiger partial charge >= 0.3 is 6.18 Å². The maximum Gasteiger partial charge on any atom is 0.417 e. The minimum Gasteiger partial charge on any atom is -0.354 e. The number of aliphatic imine (C=N–C) groups is 1. The Labute approximate surface area is 193 Å². The number of amides is 1. The summed E-state index contributed by atoms with van der Waals surface area (Å²) in [6, 6.07) is 1.04. The highest BCUT2D eigenvalue weighted by Crippen LogP contribution is 2.36. The number of pyridine rings is 1. The summed E-state index contributed by atoms with van der Waals surface area (Å²) in [5.74, 6) is 0.743. The minimum absolute atomic E-state index is 0.0799. The molecule has 4 N–H and O–H groups in total. The van der Waals surface area contributed by atoms with Crippen LogP contribution < -0.4 is 11.1 Å². The van der Waals surface area contributed by atoms with Gasteiger partial charge in [-0.15, -0.1) is 0 Å². The molecule has 0 spiro atoms. The smallest absolute Gasteiger partial charge is 0.354 e. The number of H-pyrrole nitrogens is 1. The monoisotopic (exact) mass is 474 g/mol. The molecule has 0 bridgehead atoms. The highest BCUT2D eigenvalue weighted by atomic mass is 19.4. The van der Waals surface area contributed by atoms with E-state index in [0.717, 1.165) is 25.1 Å². The Kier molecular flexibility index (Phi) is 6.77. The van der Waals surface area contributed by atoms with Gasteiger partial charge in [-0.3, -0.25) is 9.79 Å². The zero-order valence-corrected chi connectivity index (χ0v) is 18.4. The Bertz CT molecular complexity index is 1180. The number of nitrogens with one attached hydrogen (secondary N) is 2. The summed E-state index contributed by atoms with van der Waals surface area (Å²) < 4.78 is 39.6. The van der Waals surface area contributed by atoms with Crippen molar-refractivity contribution in [2.24, 2.45) is 16.6 Å². The Balaban J connectivity index is 1.51. The molecule has 0 unspecified atom stereocenters. The van der Waals surface area contributed by atoms with Crippen molar-refractivity contribution in [1.29, 1.82) is 0 Å². The van der Waals surface area contributed by atoms with Crippen molar-refractivity contribution < 1.29 is 18.0 Å². The molecule has 1 aliphatic rings. The molecule has 0 saturated carbocycles. The molecule has 4 heterocycles. The van der Waals surface area contributed by atoms with Crippen LogP contribution in [0.4, 0.5) is 24.8 Å². The Morgan fingerprint density at radius 2 is 2.06 bits per heavy atom. The van der Waals surface area contributed by atoms with Crippen LogP contribution in [0.2, 0.25) is 0 Å². The molecule has 9 nitrogen and oxygen atoms in total. The fourth-order valence-electron chi connectivity index (χ4n) is 4.03. The first-order valence-electron chi connectivity index (χ1n) is 10.9. The molecule has 0 atom stereocenters. The molecule has 1 amide bonds. The van der Waals surface area contributed by atoms with Gasteiger partial charge in [0.2, 0.25) is 11.9 Å². The first kappa shape index (κ1) is 23.6. The zero-order chi connectivity index (χ0) is 24.3. The van der Waals surface area contributed by atoms with Gasteiger partial charge in [-0.05, 0) is 31.5 Å². The van der Waals surface area contributed by atoms with Crippen molar-refractivity contribution in [3.8, 4) is 11.3 Å². The number of carbonyl (C=O) groups excluding carboxylic acids is 1. The molecule has 12 heteroatoms. The van der Waals surface area contributed by atoms with Crippen LogP contribution in [-0.2, 0) is 11.0 Å². The Hall–Kier alpha value is -3.54. The van der Waals surface area contributed by atoms with Crippen LogP contribution in [0.25, 0.3) is 22.3 Å². The summed E-state index contributed by atoms with van der Waals surface area (Å²) in [7, 11) is 0. The van der Waals surface area contributed by atoms with Crippen LogP contribution >= 0.6 is 0 Å². The molecule has 1 aliphatic heterocycles. The summed E-state index contributed by atoms with van der Waals surface area (Å²) in [4.78, 5) is 33.3. The van der Waals surface area contributed by atoms with Gasteiger partial charge in [-0.2, -0.15) is 13.2 Å². The Morgan fingerprint density at radius 1 is 1.29 bits per heavy atom. The van der Waals surface area contributed by atoms with E-state index in [2.05, 4.69) is 37.0 Å². The standard InChI is InChI=1S/C22H25F3N8O/c1-27-17-12-31-21(30-9-13-3-6-33(7-4-13)18(34)2-5-26)32-19(17)16-11-29-20-15(16)8-14(10-28-20)22(23,24)25/h8,10-13H,1-7,9,26H2,(H,28,29)(H,30,31,32). The second kappa shape index (κ2) is 9.75. The van der Waals surface area contributed by atoms with Crippen LogP contribution in [0, 0.1) is 5.92 Å². The minimum atomic E-state index is -4.52. The molecule has 3 aromatic heterocycles. The second-order valence-corrected chi connectivity index (χ2v) is 8.15. The number of carbonyl (C=O) groups is 1. The van der Waals surface area contributed by atoms with E-state index in [9.17, 15) is 18.0 Å². The predicted octanol–water partition coefficient (Wildman–Crippen LogP) is 3.37. The number of likely N-dealkylation sites (tertiary alicyclic amines) is 1. The number of hydrogen-bond donors (Lipinski definition) is 3. The fraction of sp³-hybridized carbons (Fsp3) is 0.409. The van der Waals surface area contributed by atoms with Crippen LogP contribution in [0.3, 0.4) is 0 Å². The third kappa shape index (κ3) is 5.01. The number of nitrogens with two attached hydrogens (primary N) is 1. The van der Waals surface area contributed by atoms with E-state index in [1.807, 2.05) is 4.90 Å². The van der Waals surface area contributed by atoms with Crippen LogP contribution in [0.5, 0.6) is 0 Å². The van der Waals surface area contributed by atoms with Crippen molar-refractivity contribution in [2.45, 2.75) is 25.4 Å². The van der Waals surface area contributed by atoms with Gasteiger partial charge in [-0.25, -0.2) is 15.0 Å². The third-order valence-electron chi connectivity index (χ3n) is 5.93. The van der Waals surface area contributed by atoms with Gasteiger partial charge in [0, 0.05) is 55.9 Å². The van der Waals surface area contributed by atoms with E-state index in [1.54, 1.807) is 6.20 Å². The van der Waals surface area contributed by atoms with E-state index in [4.69, 9.17) is 5.73 Å². The van der Waals surface area contributed by atoms with Crippen molar-refractivity contribution in [1.82, 2.24) is 24.8 Å². The largest absolute Gasteiger partial charge is 0.417 e. The summed E-state index contributed by atoms with van der Waals surface area (Å²) in [5, 5.41) is 3.48. The number of halogens is 3. The Morgan fingerprint density at radius 3 is 2.74 bits per heavy atom. The molecule has 1 fully saturated rings. The van der Waals surface area contributed by atoms with E-state index < -0.39 is 11.7 Å². The number of fused-ring (bicyclic) bond motifs is 1. The number of anilines is 1. The molecule has 180 valence electrons. The average Bonchev–Trinajstić information content (AvgIpc) is 3.26. The van der Waals surface area contributed by atoms with Crippen molar-refractivity contribution >= 4 is 35.3 Å². The molecule has 4 rings (SSSR count). The van der Waals surface area contributed by atoms with Gasteiger partial charge in [0.15, 0.2) is 0 Å². The first-order chi connectivity index (χ1) is 16.3. The molecule has 0 radical (unpaired) electrons. The second-order valence-electron chi connectivity index (χ2n) is 8.15. The number of alkyl halides is 3.